The molecule has 0 fully saturated rings. The van der Waals surface area contributed by atoms with E-state index in [4.69, 9.17) is 10.5 Å². The molecule has 0 unspecified atom stereocenters. The molecule has 2 aromatic rings. The fraction of sp³-hybridized carbons (Fsp3) is 0.0769. The quantitative estimate of drug-likeness (QED) is 0.827. The van der Waals surface area contributed by atoms with Crippen LogP contribution < -0.4 is 11.1 Å². The predicted molar refractivity (Wildman–Crippen MR) is 81.8 cm³/mol. The van der Waals surface area contributed by atoms with Gasteiger partial charge in [-0.1, -0.05) is 22.0 Å². The summed E-state index contributed by atoms with van der Waals surface area (Å²) in [6, 6.07) is 8.73. The lowest BCUT2D eigenvalue weighted by Crippen LogP contribution is -2.20. The van der Waals surface area contributed by atoms with Crippen molar-refractivity contribution in [2.24, 2.45) is 0 Å². The smallest absolute Gasteiger partial charge is 0.350 e. The Hall–Kier alpha value is -1.86. The maximum atomic E-state index is 11.7. The highest BCUT2D eigenvalue weighted by Crippen LogP contribution is 2.19. The van der Waals surface area contributed by atoms with Crippen LogP contribution in [0.1, 0.15) is 9.67 Å². The van der Waals surface area contributed by atoms with E-state index in [1.54, 1.807) is 29.6 Å². The zero-order valence-electron chi connectivity index (χ0n) is 10.3. The van der Waals surface area contributed by atoms with E-state index < -0.39 is 11.9 Å². The van der Waals surface area contributed by atoms with Crippen LogP contribution >= 0.6 is 27.3 Å². The van der Waals surface area contributed by atoms with Gasteiger partial charge in [-0.2, -0.15) is 0 Å². The topological polar surface area (TPSA) is 81.4 Å². The summed E-state index contributed by atoms with van der Waals surface area (Å²) >= 11 is 4.48. The Bertz CT molecular complexity index is 642. The minimum atomic E-state index is -0.595. The predicted octanol–water partition coefficient (Wildman–Crippen LogP) is 2.89. The Morgan fingerprint density at radius 3 is 2.80 bits per heavy atom. The average molecular weight is 355 g/mol. The van der Waals surface area contributed by atoms with E-state index in [-0.39, 0.29) is 6.61 Å². The number of benzene rings is 1. The van der Waals surface area contributed by atoms with Gasteiger partial charge in [0, 0.05) is 10.2 Å². The van der Waals surface area contributed by atoms with E-state index in [2.05, 4.69) is 21.2 Å². The summed E-state index contributed by atoms with van der Waals surface area (Å²) in [4.78, 5) is 23.6. The van der Waals surface area contributed by atoms with Crippen molar-refractivity contribution in [1.82, 2.24) is 0 Å². The molecule has 0 spiro atoms. The van der Waals surface area contributed by atoms with Crippen LogP contribution in [0.15, 0.2) is 40.2 Å². The summed E-state index contributed by atoms with van der Waals surface area (Å²) in [5.41, 5.74) is 6.57. The molecule has 0 aliphatic rings. The third-order valence-corrected chi connectivity index (χ3v) is 3.73. The highest BCUT2D eigenvalue weighted by molar-refractivity contribution is 9.10. The number of nitrogens with one attached hydrogen (secondary N) is 1. The van der Waals surface area contributed by atoms with E-state index in [1.807, 2.05) is 6.07 Å². The van der Waals surface area contributed by atoms with Gasteiger partial charge in [0.25, 0.3) is 5.91 Å². The van der Waals surface area contributed by atoms with Gasteiger partial charge in [0.05, 0.1) is 5.69 Å². The second-order valence-corrected chi connectivity index (χ2v) is 5.67. The average Bonchev–Trinajstić information content (AvgIpc) is 2.82. The fourth-order valence-electron chi connectivity index (χ4n) is 1.45. The van der Waals surface area contributed by atoms with Crippen LogP contribution in [0.5, 0.6) is 0 Å². The number of hydrogen-bond donors (Lipinski definition) is 2. The Balaban J connectivity index is 1.87. The number of nitrogens with two attached hydrogens (primary N) is 1. The molecule has 5 nitrogen and oxygen atoms in total. The molecule has 7 heteroatoms. The molecule has 0 aliphatic carbocycles. The van der Waals surface area contributed by atoms with E-state index in [0.29, 0.717) is 16.3 Å². The molecule has 20 heavy (non-hydrogen) atoms. The van der Waals surface area contributed by atoms with Gasteiger partial charge in [0.15, 0.2) is 6.61 Å². The van der Waals surface area contributed by atoms with Crippen LogP contribution in [-0.2, 0) is 9.53 Å². The SMILES string of the molecule is Nc1ccsc1C(=O)OCC(=O)Nc1cccc(Br)c1. The molecule has 1 aromatic carbocycles. The Kier molecular flexibility index (Phi) is 4.75. The molecule has 1 amide bonds. The van der Waals surface area contributed by atoms with Crippen LogP contribution in [0.2, 0.25) is 0 Å². The second kappa shape index (κ2) is 6.53. The number of hydrogen-bond acceptors (Lipinski definition) is 5. The zero-order chi connectivity index (χ0) is 14.5. The van der Waals surface area contributed by atoms with E-state index in [9.17, 15) is 9.59 Å². The van der Waals surface area contributed by atoms with Gasteiger partial charge in [-0.25, -0.2) is 4.79 Å². The van der Waals surface area contributed by atoms with Crippen LogP contribution in [0.25, 0.3) is 0 Å². The van der Waals surface area contributed by atoms with Gasteiger partial charge >= 0.3 is 5.97 Å². The highest BCUT2D eigenvalue weighted by atomic mass is 79.9. The summed E-state index contributed by atoms with van der Waals surface area (Å²) < 4.78 is 5.75. The van der Waals surface area contributed by atoms with E-state index in [0.717, 1.165) is 4.47 Å². The van der Waals surface area contributed by atoms with Crippen LogP contribution in [0.3, 0.4) is 0 Å². The molecule has 0 bridgehead atoms. The van der Waals surface area contributed by atoms with Crippen molar-refractivity contribution in [2.45, 2.75) is 0 Å². The van der Waals surface area contributed by atoms with Crippen LogP contribution in [0, 0.1) is 0 Å². The van der Waals surface area contributed by atoms with Crippen molar-refractivity contribution in [1.29, 1.82) is 0 Å². The molecule has 0 saturated heterocycles. The summed E-state index contributed by atoms with van der Waals surface area (Å²) in [6.07, 6.45) is 0. The molecular formula is C13H11BrN2O3S. The molecule has 2 rings (SSSR count). The fourth-order valence-corrected chi connectivity index (χ4v) is 2.55. The largest absolute Gasteiger partial charge is 0.451 e. The summed E-state index contributed by atoms with van der Waals surface area (Å²) in [5.74, 6) is -1.01. The number of nitrogen functional groups attached to an aromatic ring is 1. The van der Waals surface area contributed by atoms with Gasteiger partial charge in [-0.3, -0.25) is 4.79 Å². The molecule has 3 N–H and O–H groups in total. The number of thiophene rings is 1. The monoisotopic (exact) mass is 354 g/mol. The number of carbonyl (C=O) groups is 2. The van der Waals surface area contributed by atoms with Gasteiger partial charge in [0.1, 0.15) is 4.88 Å². The molecular weight excluding hydrogens is 344 g/mol. The minimum absolute atomic E-state index is 0.306. The van der Waals surface area contributed by atoms with E-state index >= 15 is 0 Å². The molecule has 104 valence electrons. The van der Waals surface area contributed by atoms with Crippen molar-refractivity contribution in [3.05, 3.63) is 45.1 Å². The summed E-state index contributed by atoms with van der Waals surface area (Å²) in [6.45, 7) is -0.358. The minimum Gasteiger partial charge on any atom is -0.451 e. The first-order valence-electron chi connectivity index (χ1n) is 5.62. The first kappa shape index (κ1) is 14.5. The molecule has 1 aromatic heterocycles. The van der Waals surface area contributed by atoms with Crippen molar-refractivity contribution in [3.8, 4) is 0 Å². The number of carbonyl (C=O) groups excluding carboxylic acids is 2. The van der Waals surface area contributed by atoms with Gasteiger partial charge < -0.3 is 15.8 Å². The lowest BCUT2D eigenvalue weighted by molar-refractivity contribution is -0.119. The zero-order valence-corrected chi connectivity index (χ0v) is 12.7. The third kappa shape index (κ3) is 3.82. The van der Waals surface area contributed by atoms with Gasteiger partial charge in [-0.15, -0.1) is 11.3 Å². The van der Waals surface area contributed by atoms with Crippen LogP contribution in [0.4, 0.5) is 11.4 Å². The van der Waals surface area contributed by atoms with Crippen molar-refractivity contribution in [2.75, 3.05) is 17.7 Å². The first-order chi connectivity index (χ1) is 9.56. The molecule has 0 atom stereocenters. The van der Waals surface area contributed by atoms with Crippen molar-refractivity contribution >= 4 is 50.5 Å². The normalized spacial score (nSPS) is 10.1. The number of amides is 1. The lowest BCUT2D eigenvalue weighted by Gasteiger charge is -2.06. The molecule has 1 heterocycles. The summed E-state index contributed by atoms with van der Waals surface area (Å²) in [7, 11) is 0. The van der Waals surface area contributed by atoms with Crippen LogP contribution in [-0.4, -0.2) is 18.5 Å². The molecule has 0 radical (unpaired) electrons. The first-order valence-corrected chi connectivity index (χ1v) is 7.29. The van der Waals surface area contributed by atoms with E-state index in [1.165, 1.54) is 11.3 Å². The Morgan fingerprint density at radius 1 is 1.35 bits per heavy atom. The number of anilines is 2. The molecule has 0 saturated carbocycles. The van der Waals surface area contributed by atoms with Crippen molar-refractivity contribution < 1.29 is 14.3 Å². The highest BCUT2D eigenvalue weighted by Gasteiger charge is 2.14. The maximum Gasteiger partial charge on any atom is 0.350 e. The Labute approximate surface area is 127 Å². The maximum absolute atomic E-state index is 11.7. The lowest BCUT2D eigenvalue weighted by atomic mass is 10.3. The number of rotatable bonds is 4. The molecule has 0 aliphatic heterocycles. The van der Waals surface area contributed by atoms with Gasteiger partial charge in [-0.05, 0) is 29.6 Å². The number of esters is 1. The summed E-state index contributed by atoms with van der Waals surface area (Å²) in [5, 5.41) is 4.31. The Morgan fingerprint density at radius 2 is 2.15 bits per heavy atom. The standard InChI is InChI=1S/C13H11BrN2O3S/c14-8-2-1-3-9(6-8)16-11(17)7-19-13(18)12-10(15)4-5-20-12/h1-6H,7,15H2,(H,16,17). The van der Waals surface area contributed by atoms with Gasteiger partial charge in [0.2, 0.25) is 0 Å². The third-order valence-electron chi connectivity index (χ3n) is 2.32. The number of ether oxygens (including phenoxy) is 1. The number of halogens is 1. The second-order valence-electron chi connectivity index (χ2n) is 3.84. The van der Waals surface area contributed by atoms with Crippen molar-refractivity contribution in [3.63, 3.8) is 0 Å².